The van der Waals surface area contributed by atoms with Crippen LogP contribution in [0.3, 0.4) is 0 Å². The van der Waals surface area contributed by atoms with Crippen molar-refractivity contribution in [1.29, 1.82) is 0 Å². The molecule has 114 valence electrons. The highest BCUT2D eigenvalue weighted by molar-refractivity contribution is 5.97. The number of carbonyl (C=O) groups is 1. The van der Waals surface area contributed by atoms with Crippen LogP contribution in [0.5, 0.6) is 5.75 Å². The van der Waals surface area contributed by atoms with Crippen molar-refractivity contribution in [2.75, 3.05) is 49.7 Å². The molecule has 3 rings (SSSR count). The van der Waals surface area contributed by atoms with Crippen LogP contribution in [0.25, 0.3) is 0 Å². The van der Waals surface area contributed by atoms with E-state index in [1.54, 1.807) is 6.07 Å². The SMILES string of the molecule is CN1CCCC(CNc2cc3c(cc2N)OCC(=O)N3)C1. The first-order chi connectivity index (χ1) is 10.1. The number of nitrogen functional groups attached to an aromatic ring is 1. The molecule has 1 aromatic rings. The van der Waals surface area contributed by atoms with Crippen LogP contribution >= 0.6 is 0 Å². The number of benzene rings is 1. The van der Waals surface area contributed by atoms with Gasteiger partial charge in [-0.25, -0.2) is 0 Å². The van der Waals surface area contributed by atoms with Crippen LogP contribution in [-0.4, -0.2) is 44.1 Å². The van der Waals surface area contributed by atoms with Crippen molar-refractivity contribution in [2.24, 2.45) is 5.92 Å². The number of amides is 1. The van der Waals surface area contributed by atoms with Crippen LogP contribution in [-0.2, 0) is 4.79 Å². The largest absolute Gasteiger partial charge is 0.482 e. The molecular weight excluding hydrogens is 268 g/mol. The standard InChI is InChI=1S/C15H22N4O2/c1-19-4-2-3-10(8-19)7-17-12-6-13-14(5-11(12)16)21-9-15(20)18-13/h5-6,10,17H,2-4,7-9,16H2,1H3,(H,18,20). The minimum atomic E-state index is -0.132. The molecule has 2 aliphatic heterocycles. The summed E-state index contributed by atoms with van der Waals surface area (Å²) in [6.45, 7) is 3.23. The lowest BCUT2D eigenvalue weighted by atomic mass is 9.98. The molecule has 6 heteroatoms. The number of hydrogen-bond donors (Lipinski definition) is 3. The van der Waals surface area contributed by atoms with Gasteiger partial charge in [0.25, 0.3) is 5.91 Å². The molecule has 0 spiro atoms. The third-order valence-corrected chi connectivity index (χ3v) is 4.09. The van der Waals surface area contributed by atoms with Crippen LogP contribution in [0, 0.1) is 5.92 Å². The number of carbonyl (C=O) groups excluding carboxylic acids is 1. The number of nitrogens with one attached hydrogen (secondary N) is 2. The molecule has 1 aromatic carbocycles. The van der Waals surface area contributed by atoms with Crippen molar-refractivity contribution in [3.63, 3.8) is 0 Å². The van der Waals surface area contributed by atoms with E-state index in [2.05, 4.69) is 22.6 Å². The van der Waals surface area contributed by atoms with Crippen LogP contribution in [0.15, 0.2) is 12.1 Å². The minimum absolute atomic E-state index is 0.0492. The van der Waals surface area contributed by atoms with Crippen molar-refractivity contribution in [2.45, 2.75) is 12.8 Å². The molecule has 21 heavy (non-hydrogen) atoms. The Morgan fingerprint density at radius 1 is 1.52 bits per heavy atom. The van der Waals surface area contributed by atoms with Crippen molar-refractivity contribution < 1.29 is 9.53 Å². The smallest absolute Gasteiger partial charge is 0.262 e. The summed E-state index contributed by atoms with van der Waals surface area (Å²) in [6, 6.07) is 3.62. The van der Waals surface area contributed by atoms with E-state index in [9.17, 15) is 4.79 Å². The number of ether oxygens (including phenoxy) is 1. The van der Waals surface area contributed by atoms with E-state index in [-0.39, 0.29) is 12.5 Å². The minimum Gasteiger partial charge on any atom is -0.482 e. The third kappa shape index (κ3) is 3.21. The topological polar surface area (TPSA) is 79.6 Å². The Bertz CT molecular complexity index is 547. The molecule has 0 aliphatic carbocycles. The Labute approximate surface area is 124 Å². The number of nitrogens with zero attached hydrogens (tertiary/aromatic N) is 1. The number of nitrogens with two attached hydrogens (primary N) is 1. The first-order valence-corrected chi connectivity index (χ1v) is 7.40. The maximum absolute atomic E-state index is 11.4. The molecule has 0 aromatic heterocycles. The predicted molar refractivity (Wildman–Crippen MR) is 83.7 cm³/mol. The van der Waals surface area contributed by atoms with Gasteiger partial charge in [0.2, 0.25) is 0 Å². The number of anilines is 3. The first-order valence-electron chi connectivity index (χ1n) is 7.40. The second-order valence-corrected chi connectivity index (χ2v) is 5.92. The average Bonchev–Trinajstić information content (AvgIpc) is 2.45. The molecule has 1 fully saturated rings. The fourth-order valence-corrected chi connectivity index (χ4v) is 2.99. The number of hydrogen-bond acceptors (Lipinski definition) is 5. The predicted octanol–water partition coefficient (Wildman–Crippen LogP) is 1.35. The third-order valence-electron chi connectivity index (χ3n) is 4.09. The van der Waals surface area contributed by atoms with Gasteiger partial charge in [-0.1, -0.05) is 0 Å². The van der Waals surface area contributed by atoms with E-state index in [0.717, 1.165) is 18.8 Å². The number of fused-ring (bicyclic) bond motifs is 1. The molecule has 1 unspecified atom stereocenters. The molecule has 2 heterocycles. The maximum Gasteiger partial charge on any atom is 0.262 e. The van der Waals surface area contributed by atoms with Crippen molar-refractivity contribution in [1.82, 2.24) is 4.90 Å². The summed E-state index contributed by atoms with van der Waals surface area (Å²) in [5.74, 6) is 1.13. The van der Waals surface area contributed by atoms with Gasteiger partial charge >= 0.3 is 0 Å². The highest BCUT2D eigenvalue weighted by Crippen LogP contribution is 2.35. The highest BCUT2D eigenvalue weighted by Gasteiger charge is 2.20. The Morgan fingerprint density at radius 2 is 2.38 bits per heavy atom. The average molecular weight is 290 g/mol. The molecule has 1 amide bonds. The van der Waals surface area contributed by atoms with Crippen molar-refractivity contribution >= 4 is 23.0 Å². The molecule has 6 nitrogen and oxygen atoms in total. The van der Waals surface area contributed by atoms with Crippen LogP contribution in [0.2, 0.25) is 0 Å². The Kier molecular flexibility index (Phi) is 3.88. The molecular formula is C15H22N4O2. The zero-order valence-electron chi connectivity index (χ0n) is 12.3. The molecule has 4 N–H and O–H groups in total. The summed E-state index contributed by atoms with van der Waals surface area (Å²) < 4.78 is 5.35. The molecule has 0 saturated carbocycles. The Morgan fingerprint density at radius 3 is 3.19 bits per heavy atom. The van der Waals surface area contributed by atoms with Gasteiger partial charge in [0.15, 0.2) is 6.61 Å². The molecule has 1 saturated heterocycles. The summed E-state index contributed by atoms with van der Waals surface area (Å²) in [6.07, 6.45) is 2.48. The molecule has 2 aliphatic rings. The van der Waals surface area contributed by atoms with Gasteiger partial charge in [0.05, 0.1) is 17.1 Å². The molecule has 0 bridgehead atoms. The lowest BCUT2D eigenvalue weighted by Gasteiger charge is -2.30. The van der Waals surface area contributed by atoms with E-state index in [4.69, 9.17) is 10.5 Å². The van der Waals surface area contributed by atoms with Crippen molar-refractivity contribution in [3.8, 4) is 5.75 Å². The van der Waals surface area contributed by atoms with Gasteiger partial charge in [-0.05, 0) is 38.4 Å². The zero-order valence-corrected chi connectivity index (χ0v) is 12.3. The Hall–Kier alpha value is -1.95. The van der Waals surface area contributed by atoms with E-state index < -0.39 is 0 Å². The van der Waals surface area contributed by atoms with Gasteiger partial charge in [-0.15, -0.1) is 0 Å². The summed E-state index contributed by atoms with van der Waals surface area (Å²) >= 11 is 0. The molecule has 0 radical (unpaired) electrons. The monoisotopic (exact) mass is 290 g/mol. The fraction of sp³-hybridized carbons (Fsp3) is 0.533. The van der Waals surface area contributed by atoms with Crippen LogP contribution in [0.1, 0.15) is 12.8 Å². The van der Waals surface area contributed by atoms with Gasteiger partial charge in [-0.2, -0.15) is 0 Å². The van der Waals surface area contributed by atoms with Crippen molar-refractivity contribution in [3.05, 3.63) is 12.1 Å². The lowest BCUT2D eigenvalue weighted by molar-refractivity contribution is -0.118. The summed E-state index contributed by atoms with van der Waals surface area (Å²) in [5.41, 5.74) is 8.24. The maximum atomic E-state index is 11.4. The zero-order chi connectivity index (χ0) is 14.8. The first kappa shape index (κ1) is 14.0. The van der Waals surface area contributed by atoms with E-state index in [0.29, 0.717) is 23.0 Å². The van der Waals surface area contributed by atoms with Crippen LogP contribution < -0.4 is 21.1 Å². The van der Waals surface area contributed by atoms with E-state index in [1.807, 2.05) is 6.07 Å². The quantitative estimate of drug-likeness (QED) is 0.732. The second kappa shape index (κ2) is 5.81. The Balaban J connectivity index is 1.67. The van der Waals surface area contributed by atoms with E-state index in [1.165, 1.54) is 19.4 Å². The second-order valence-electron chi connectivity index (χ2n) is 5.92. The van der Waals surface area contributed by atoms with Crippen LogP contribution in [0.4, 0.5) is 17.1 Å². The van der Waals surface area contributed by atoms with Gasteiger partial charge < -0.3 is 26.0 Å². The summed E-state index contributed by atoms with van der Waals surface area (Å²) in [7, 11) is 2.16. The number of piperidine rings is 1. The lowest BCUT2D eigenvalue weighted by Crippen LogP contribution is -2.35. The highest BCUT2D eigenvalue weighted by atomic mass is 16.5. The normalized spacial score (nSPS) is 22.1. The van der Waals surface area contributed by atoms with Gasteiger partial charge in [0.1, 0.15) is 5.75 Å². The number of likely N-dealkylation sites (tertiary alicyclic amines) is 1. The van der Waals surface area contributed by atoms with Gasteiger partial charge in [0, 0.05) is 19.2 Å². The summed E-state index contributed by atoms with van der Waals surface area (Å²) in [5, 5.41) is 6.21. The summed E-state index contributed by atoms with van der Waals surface area (Å²) in [4.78, 5) is 13.7. The fourth-order valence-electron chi connectivity index (χ4n) is 2.99. The van der Waals surface area contributed by atoms with E-state index >= 15 is 0 Å². The molecule has 1 atom stereocenters. The number of rotatable bonds is 3. The van der Waals surface area contributed by atoms with Gasteiger partial charge in [-0.3, -0.25) is 4.79 Å².